The quantitative estimate of drug-likeness (QED) is 0.171. The summed E-state index contributed by atoms with van der Waals surface area (Å²) in [7, 11) is 0. The van der Waals surface area contributed by atoms with Crippen LogP contribution in [0.15, 0.2) is 70.4 Å². The van der Waals surface area contributed by atoms with Crippen molar-refractivity contribution in [2.75, 3.05) is 0 Å². The van der Waals surface area contributed by atoms with Gasteiger partial charge in [-0.1, -0.05) is 77.3 Å². The summed E-state index contributed by atoms with van der Waals surface area (Å²) in [5.41, 5.74) is 8.84. The van der Waals surface area contributed by atoms with Gasteiger partial charge in [0.2, 0.25) is 0 Å². The molecule has 0 bridgehead atoms. The van der Waals surface area contributed by atoms with E-state index in [0.717, 1.165) is 0 Å². The largest absolute Gasteiger partial charge is 0.0999 e. The Morgan fingerprint density at radius 1 is 0.548 bits per heavy atom. The summed E-state index contributed by atoms with van der Waals surface area (Å²) < 4.78 is 0. The van der Waals surface area contributed by atoms with E-state index in [2.05, 4.69) is 92.3 Å². The fourth-order valence-electron chi connectivity index (χ4n) is 3.44. The van der Waals surface area contributed by atoms with Gasteiger partial charge in [0.05, 0.1) is 0 Å². The van der Waals surface area contributed by atoms with Crippen LogP contribution >= 0.6 is 0 Å². The lowest BCUT2D eigenvalue weighted by atomic mass is 9.96. The van der Waals surface area contributed by atoms with Crippen molar-refractivity contribution in [1.29, 1.82) is 0 Å². The van der Waals surface area contributed by atoms with Crippen LogP contribution in [0.25, 0.3) is 0 Å². The Labute approximate surface area is 196 Å². The van der Waals surface area contributed by atoms with E-state index in [9.17, 15) is 0 Å². The van der Waals surface area contributed by atoms with Crippen LogP contribution < -0.4 is 0 Å². The van der Waals surface area contributed by atoms with Crippen molar-refractivity contribution in [2.45, 2.75) is 120 Å². The minimum atomic E-state index is 0.633. The van der Waals surface area contributed by atoms with Crippen molar-refractivity contribution >= 4 is 0 Å². The van der Waals surface area contributed by atoms with Crippen molar-refractivity contribution < 1.29 is 0 Å². The Hall–Kier alpha value is -1.56. The summed E-state index contributed by atoms with van der Waals surface area (Å²) in [5.74, 6) is 0.633. The van der Waals surface area contributed by atoms with E-state index in [1.807, 2.05) is 0 Å². The molecule has 0 aliphatic rings. The summed E-state index contributed by atoms with van der Waals surface area (Å²) in [6.07, 6.45) is 23.9. The van der Waals surface area contributed by atoms with E-state index >= 15 is 0 Å². The van der Waals surface area contributed by atoms with Crippen molar-refractivity contribution in [1.82, 2.24) is 0 Å². The molecule has 0 aromatic rings. The molecule has 176 valence electrons. The van der Waals surface area contributed by atoms with Gasteiger partial charge in [-0.25, -0.2) is 0 Å². The molecule has 0 aromatic heterocycles. The molecule has 0 heterocycles. The summed E-state index contributed by atoms with van der Waals surface area (Å²) in [6.45, 7) is 21.9. The zero-order valence-corrected chi connectivity index (χ0v) is 22.2. The van der Waals surface area contributed by atoms with E-state index in [4.69, 9.17) is 0 Å². The Morgan fingerprint density at radius 3 is 1.29 bits per heavy atom. The molecule has 0 saturated carbocycles. The first-order chi connectivity index (χ1) is 14.6. The Balaban J connectivity index is 4.08. The highest BCUT2D eigenvalue weighted by Crippen LogP contribution is 2.19. The van der Waals surface area contributed by atoms with Crippen LogP contribution in [0.3, 0.4) is 0 Å². The number of unbranched alkanes of at least 4 members (excludes halogenated alkanes) is 1. The molecule has 1 unspecified atom stereocenters. The fourth-order valence-corrected chi connectivity index (χ4v) is 3.44. The summed E-state index contributed by atoms with van der Waals surface area (Å²) in [4.78, 5) is 0. The Bertz CT molecular complexity index is 656. The molecule has 0 nitrogen and oxygen atoms in total. The van der Waals surface area contributed by atoms with Gasteiger partial charge in [-0.2, -0.15) is 0 Å². The van der Waals surface area contributed by atoms with Crippen LogP contribution in [0, 0.1) is 5.92 Å². The molecule has 0 radical (unpaired) electrons. The standard InChI is InChI=1S/C31H52/c1-25(2)15-12-18-29(7)21-13-19-27(5)16-10-11-17-28(6)20-14-22-30(8)23-24-31(9)26(3)4/h15-17,21-22,31H,3,10-14,18-20,23-24H2,1-2,4-9H3. The van der Waals surface area contributed by atoms with E-state index in [1.165, 1.54) is 97.6 Å². The third-order valence-corrected chi connectivity index (χ3v) is 6.12. The molecule has 31 heavy (non-hydrogen) atoms. The lowest BCUT2D eigenvalue weighted by molar-refractivity contribution is 0.611. The van der Waals surface area contributed by atoms with Gasteiger partial charge >= 0.3 is 0 Å². The third kappa shape index (κ3) is 18.9. The zero-order chi connectivity index (χ0) is 23.6. The predicted molar refractivity (Wildman–Crippen MR) is 145 cm³/mol. The van der Waals surface area contributed by atoms with Crippen LogP contribution in [-0.4, -0.2) is 0 Å². The van der Waals surface area contributed by atoms with Gasteiger partial charge in [-0.3, -0.25) is 0 Å². The van der Waals surface area contributed by atoms with Gasteiger partial charge in [0, 0.05) is 0 Å². The highest BCUT2D eigenvalue weighted by atomic mass is 14.1. The normalized spacial score (nSPS) is 14.6. The maximum atomic E-state index is 4.07. The lowest BCUT2D eigenvalue weighted by Gasteiger charge is -2.10. The zero-order valence-electron chi connectivity index (χ0n) is 22.2. The SMILES string of the molecule is C=C(C)C(C)CCC(C)=CCCC(C)=CCCC=C(C)CCC=C(C)CCC=C(C)C. The molecule has 0 aliphatic carbocycles. The van der Waals surface area contributed by atoms with E-state index < -0.39 is 0 Å². The van der Waals surface area contributed by atoms with Crippen LogP contribution in [0.1, 0.15) is 120 Å². The van der Waals surface area contributed by atoms with Gasteiger partial charge in [-0.05, 0) is 119 Å². The van der Waals surface area contributed by atoms with Gasteiger partial charge in [0.1, 0.15) is 0 Å². The van der Waals surface area contributed by atoms with E-state index in [1.54, 1.807) is 0 Å². The van der Waals surface area contributed by atoms with E-state index in [0.29, 0.717) is 5.92 Å². The second-order valence-electron chi connectivity index (χ2n) is 9.96. The first-order valence-electron chi connectivity index (χ1n) is 12.5. The van der Waals surface area contributed by atoms with Crippen molar-refractivity contribution in [3.63, 3.8) is 0 Å². The maximum Gasteiger partial charge on any atom is -0.0234 e. The predicted octanol–water partition coefficient (Wildman–Crippen LogP) is 10.9. The number of rotatable bonds is 16. The molecule has 0 fully saturated rings. The molecular weight excluding hydrogens is 372 g/mol. The monoisotopic (exact) mass is 424 g/mol. The molecule has 0 heteroatoms. The molecule has 0 aliphatic heterocycles. The Morgan fingerprint density at radius 2 is 0.903 bits per heavy atom. The molecule has 1 atom stereocenters. The number of allylic oxidation sites excluding steroid dienone is 11. The molecule has 0 saturated heterocycles. The molecule has 0 amide bonds. The topological polar surface area (TPSA) is 0 Å². The van der Waals surface area contributed by atoms with Gasteiger partial charge in [0.25, 0.3) is 0 Å². The summed E-state index contributed by atoms with van der Waals surface area (Å²) in [6, 6.07) is 0. The minimum absolute atomic E-state index is 0.633. The van der Waals surface area contributed by atoms with Crippen molar-refractivity contribution in [2.24, 2.45) is 5.92 Å². The van der Waals surface area contributed by atoms with Crippen molar-refractivity contribution in [3.8, 4) is 0 Å². The van der Waals surface area contributed by atoms with Crippen LogP contribution in [-0.2, 0) is 0 Å². The highest BCUT2D eigenvalue weighted by Gasteiger charge is 2.02. The van der Waals surface area contributed by atoms with Gasteiger partial charge < -0.3 is 0 Å². The van der Waals surface area contributed by atoms with Crippen LogP contribution in [0.4, 0.5) is 0 Å². The Kier molecular flexibility index (Phi) is 17.1. The minimum Gasteiger partial charge on any atom is -0.0999 e. The highest BCUT2D eigenvalue weighted by molar-refractivity contribution is 5.07. The number of hydrogen-bond acceptors (Lipinski definition) is 0. The second-order valence-corrected chi connectivity index (χ2v) is 9.96. The first kappa shape index (κ1) is 29.4. The summed E-state index contributed by atoms with van der Waals surface area (Å²) >= 11 is 0. The fraction of sp³-hybridized carbons (Fsp3) is 0.613. The lowest BCUT2D eigenvalue weighted by Crippen LogP contribution is -1.95. The molecule has 0 rings (SSSR count). The second kappa shape index (κ2) is 18.1. The average Bonchev–Trinajstić information content (AvgIpc) is 2.69. The molecule has 0 aromatic carbocycles. The smallest absolute Gasteiger partial charge is 0.0234 e. The van der Waals surface area contributed by atoms with Crippen molar-refractivity contribution in [3.05, 3.63) is 70.4 Å². The molecule has 0 N–H and O–H groups in total. The van der Waals surface area contributed by atoms with Crippen LogP contribution in [0.5, 0.6) is 0 Å². The average molecular weight is 425 g/mol. The number of hydrogen-bond donors (Lipinski definition) is 0. The van der Waals surface area contributed by atoms with Gasteiger partial charge in [-0.15, -0.1) is 0 Å². The maximum absolute atomic E-state index is 4.07. The van der Waals surface area contributed by atoms with Gasteiger partial charge in [0.15, 0.2) is 0 Å². The third-order valence-electron chi connectivity index (χ3n) is 6.12. The molecule has 0 spiro atoms. The van der Waals surface area contributed by atoms with E-state index in [-0.39, 0.29) is 0 Å². The molecular formula is C31H52. The first-order valence-corrected chi connectivity index (χ1v) is 12.5. The van der Waals surface area contributed by atoms with Crippen LogP contribution in [0.2, 0.25) is 0 Å². The summed E-state index contributed by atoms with van der Waals surface area (Å²) in [5, 5.41) is 0.